The van der Waals surface area contributed by atoms with Gasteiger partial charge in [-0.2, -0.15) is 0 Å². The summed E-state index contributed by atoms with van der Waals surface area (Å²) in [6.07, 6.45) is 1.26. The molecular weight excluding hydrogens is 272 g/mol. The average molecular weight is 282 g/mol. The Kier molecular flexibility index (Phi) is 3.47. The second-order valence-electron chi connectivity index (χ2n) is 3.73. The quantitative estimate of drug-likeness (QED) is 0.643. The van der Waals surface area contributed by atoms with E-state index in [1.165, 1.54) is 11.6 Å². The summed E-state index contributed by atoms with van der Waals surface area (Å²) in [5.74, 6) is -1.59. The van der Waals surface area contributed by atoms with Crippen LogP contribution >= 0.6 is 11.3 Å². The van der Waals surface area contributed by atoms with Gasteiger partial charge in [-0.3, -0.25) is 4.79 Å². The van der Waals surface area contributed by atoms with Gasteiger partial charge < -0.3 is 20.4 Å². The molecule has 2 aromatic rings. The minimum Gasteiger partial charge on any atom is -0.476 e. The van der Waals surface area contributed by atoms with Gasteiger partial charge in [-0.15, -0.1) is 11.3 Å². The number of nitrogens with zero attached hydrogens (tertiary/aromatic N) is 1. The van der Waals surface area contributed by atoms with Crippen LogP contribution in [0.3, 0.4) is 0 Å². The number of hydrogen-bond acceptors (Lipinski definition) is 5. The lowest BCUT2D eigenvalue weighted by Crippen LogP contribution is -2.27. The zero-order valence-corrected chi connectivity index (χ0v) is 10.6. The van der Waals surface area contributed by atoms with Gasteiger partial charge in [-0.25, -0.2) is 14.6 Å². The molecule has 4 N–H and O–H groups in total. The number of H-pyrrole nitrogens is 2. The molecule has 0 fully saturated rings. The molecule has 100 valence electrons. The molecule has 1 atom stereocenters. The summed E-state index contributed by atoms with van der Waals surface area (Å²) in [6, 6.07) is -0.455. The topological polar surface area (TPSA) is 128 Å². The van der Waals surface area contributed by atoms with E-state index < -0.39 is 23.6 Å². The van der Waals surface area contributed by atoms with Crippen molar-refractivity contribution in [2.24, 2.45) is 0 Å². The lowest BCUT2D eigenvalue weighted by molar-refractivity contribution is 0.0691. The van der Waals surface area contributed by atoms with E-state index in [1.54, 1.807) is 6.92 Å². The van der Waals surface area contributed by atoms with Gasteiger partial charge in [0.05, 0.1) is 6.04 Å². The number of aromatic amines is 2. The molecule has 0 spiro atoms. The van der Waals surface area contributed by atoms with Crippen LogP contribution in [0.15, 0.2) is 16.4 Å². The maximum absolute atomic E-state index is 11.7. The van der Waals surface area contributed by atoms with Crippen molar-refractivity contribution < 1.29 is 14.7 Å². The van der Waals surface area contributed by atoms with Gasteiger partial charge in [0.2, 0.25) is 0 Å². The highest BCUT2D eigenvalue weighted by Gasteiger charge is 2.17. The molecule has 2 heterocycles. The van der Waals surface area contributed by atoms with Gasteiger partial charge in [0.15, 0.2) is 5.69 Å². The fraction of sp³-hybridized carbons (Fsp3) is 0.200. The number of carboxylic acid groups (broad SMARTS) is 1. The van der Waals surface area contributed by atoms with Crippen molar-refractivity contribution >= 4 is 23.2 Å². The van der Waals surface area contributed by atoms with E-state index in [0.29, 0.717) is 5.01 Å². The molecule has 8 nitrogen and oxygen atoms in total. The number of hydrogen-bond donors (Lipinski definition) is 4. The molecule has 9 heteroatoms. The molecule has 0 radical (unpaired) electrons. The molecule has 2 aromatic heterocycles. The summed E-state index contributed by atoms with van der Waals surface area (Å²) >= 11 is 1.14. The van der Waals surface area contributed by atoms with E-state index in [-0.39, 0.29) is 11.4 Å². The molecule has 0 saturated carbocycles. The number of carboxylic acids is 1. The van der Waals surface area contributed by atoms with Crippen LogP contribution in [0.5, 0.6) is 0 Å². The van der Waals surface area contributed by atoms with Gasteiger partial charge >= 0.3 is 11.7 Å². The number of nitrogens with one attached hydrogen (secondary N) is 3. The standard InChI is InChI=1S/C10H10N4O4S/c1-4(8-13-6(3-19-8)9(16)17)12-7(15)5-2-11-10(18)14-5/h2-4H,1H3,(H,12,15)(H,16,17)(H2,11,14,18). The molecule has 1 amide bonds. The molecule has 0 aliphatic heterocycles. The summed E-state index contributed by atoms with van der Waals surface area (Å²) in [6.45, 7) is 1.67. The smallest absolute Gasteiger partial charge is 0.355 e. The van der Waals surface area contributed by atoms with E-state index in [4.69, 9.17) is 5.11 Å². The minimum atomic E-state index is -1.11. The van der Waals surface area contributed by atoms with Crippen LogP contribution in [0.4, 0.5) is 0 Å². The lowest BCUT2D eigenvalue weighted by atomic mass is 10.3. The Balaban J connectivity index is 2.07. The second-order valence-corrected chi connectivity index (χ2v) is 4.62. The molecule has 0 aromatic carbocycles. The van der Waals surface area contributed by atoms with Gasteiger partial charge in [0.25, 0.3) is 5.91 Å². The third-order valence-corrected chi connectivity index (χ3v) is 3.33. The van der Waals surface area contributed by atoms with Crippen molar-refractivity contribution in [1.82, 2.24) is 20.3 Å². The summed E-state index contributed by atoms with van der Waals surface area (Å²) in [4.78, 5) is 41.8. The van der Waals surface area contributed by atoms with Crippen molar-refractivity contribution in [2.45, 2.75) is 13.0 Å². The fourth-order valence-corrected chi connectivity index (χ4v) is 2.18. The highest BCUT2D eigenvalue weighted by Crippen LogP contribution is 2.18. The maximum Gasteiger partial charge on any atom is 0.355 e. The lowest BCUT2D eigenvalue weighted by Gasteiger charge is -2.09. The van der Waals surface area contributed by atoms with E-state index in [9.17, 15) is 14.4 Å². The molecule has 1 unspecified atom stereocenters. The predicted octanol–water partition coefficient (Wildman–Crippen LogP) is 0.349. The van der Waals surface area contributed by atoms with Crippen LogP contribution in [0, 0.1) is 0 Å². The number of thiazole rings is 1. The summed E-state index contributed by atoms with van der Waals surface area (Å²) in [5.41, 5.74) is -0.428. The fourth-order valence-electron chi connectivity index (χ4n) is 1.38. The summed E-state index contributed by atoms with van der Waals surface area (Å²) < 4.78 is 0. The van der Waals surface area contributed by atoms with Crippen LogP contribution in [-0.4, -0.2) is 31.9 Å². The first-order chi connectivity index (χ1) is 8.97. The zero-order valence-electron chi connectivity index (χ0n) is 9.76. The van der Waals surface area contributed by atoms with Gasteiger partial charge in [0, 0.05) is 11.6 Å². The number of aromatic nitrogens is 3. The molecule has 0 aliphatic rings. The van der Waals surface area contributed by atoms with Crippen molar-refractivity contribution in [3.05, 3.63) is 38.5 Å². The molecular formula is C10H10N4O4S. The Morgan fingerprint density at radius 1 is 1.53 bits per heavy atom. The molecule has 2 rings (SSSR count). The van der Waals surface area contributed by atoms with Crippen LogP contribution < -0.4 is 11.0 Å². The number of aromatic carboxylic acids is 1. The first-order valence-corrected chi connectivity index (χ1v) is 6.12. The third kappa shape index (κ3) is 2.88. The van der Waals surface area contributed by atoms with Gasteiger partial charge in [0.1, 0.15) is 10.7 Å². The average Bonchev–Trinajstić information content (AvgIpc) is 2.96. The normalized spacial score (nSPS) is 12.1. The van der Waals surface area contributed by atoms with E-state index >= 15 is 0 Å². The Bertz CT molecular complexity index is 671. The van der Waals surface area contributed by atoms with E-state index in [2.05, 4.69) is 20.3 Å². The number of carbonyl (C=O) groups is 2. The van der Waals surface area contributed by atoms with Crippen LogP contribution in [0.25, 0.3) is 0 Å². The Morgan fingerprint density at radius 2 is 2.26 bits per heavy atom. The number of carbonyl (C=O) groups excluding carboxylic acids is 1. The van der Waals surface area contributed by atoms with Crippen molar-refractivity contribution in [3.63, 3.8) is 0 Å². The predicted molar refractivity (Wildman–Crippen MR) is 66.4 cm³/mol. The highest BCUT2D eigenvalue weighted by molar-refractivity contribution is 7.09. The van der Waals surface area contributed by atoms with E-state index in [1.807, 2.05) is 0 Å². The third-order valence-electron chi connectivity index (χ3n) is 2.30. The SMILES string of the molecule is CC(NC(=O)c1c[nH]c(=O)[nH]1)c1nc(C(=O)O)cs1. The summed E-state index contributed by atoms with van der Waals surface area (Å²) in [5, 5.41) is 13.2. The minimum absolute atomic E-state index is 0.0591. The van der Waals surface area contributed by atoms with Gasteiger partial charge in [-0.1, -0.05) is 0 Å². The molecule has 19 heavy (non-hydrogen) atoms. The maximum atomic E-state index is 11.7. The van der Waals surface area contributed by atoms with E-state index in [0.717, 1.165) is 11.3 Å². The van der Waals surface area contributed by atoms with Crippen molar-refractivity contribution in [1.29, 1.82) is 0 Å². The number of imidazole rings is 1. The molecule has 0 saturated heterocycles. The Hall–Kier alpha value is -2.42. The van der Waals surface area contributed by atoms with Gasteiger partial charge in [-0.05, 0) is 6.92 Å². The Labute approximate surface area is 110 Å². The van der Waals surface area contributed by atoms with Crippen LogP contribution in [-0.2, 0) is 0 Å². The zero-order chi connectivity index (χ0) is 14.0. The van der Waals surface area contributed by atoms with Crippen molar-refractivity contribution in [3.8, 4) is 0 Å². The van der Waals surface area contributed by atoms with Crippen LogP contribution in [0.2, 0.25) is 0 Å². The first-order valence-electron chi connectivity index (χ1n) is 5.24. The highest BCUT2D eigenvalue weighted by atomic mass is 32.1. The summed E-state index contributed by atoms with van der Waals surface area (Å²) in [7, 11) is 0. The number of rotatable bonds is 4. The monoisotopic (exact) mass is 282 g/mol. The largest absolute Gasteiger partial charge is 0.476 e. The van der Waals surface area contributed by atoms with Crippen LogP contribution in [0.1, 0.15) is 39.0 Å². The first kappa shape index (κ1) is 13.0. The Morgan fingerprint density at radius 3 is 2.79 bits per heavy atom. The molecule has 0 bridgehead atoms. The second kappa shape index (κ2) is 5.06. The number of amides is 1. The van der Waals surface area contributed by atoms with Crippen molar-refractivity contribution in [2.75, 3.05) is 0 Å². The molecule has 0 aliphatic carbocycles.